The molecule has 3 aromatic rings. The van der Waals surface area contributed by atoms with E-state index < -0.39 is 83.0 Å². The lowest BCUT2D eigenvalue weighted by Crippen LogP contribution is -2.05. The molecule has 0 fully saturated rings. The number of anilines is 2. The van der Waals surface area contributed by atoms with Crippen LogP contribution in [0.5, 0.6) is 5.75 Å². The summed E-state index contributed by atoms with van der Waals surface area (Å²) in [6, 6.07) is 5.54. The normalized spacial score (nSPS) is 12.9. The van der Waals surface area contributed by atoms with E-state index in [9.17, 15) is 42.8 Å². The molecule has 240 valence electrons. The fourth-order valence-corrected chi connectivity index (χ4v) is 6.68. The van der Waals surface area contributed by atoms with E-state index in [4.69, 9.17) is 16.2 Å². The first kappa shape index (κ1) is 34.9. The highest BCUT2D eigenvalue weighted by atomic mass is 32.2. The number of hydrogen-bond acceptors (Lipinski definition) is 15. The maximum absolute atomic E-state index is 12.3. The van der Waals surface area contributed by atoms with Gasteiger partial charge in [0.2, 0.25) is 0 Å². The molecule has 0 spiro atoms. The number of nitrogens with two attached hydrogens (primary N) is 2. The van der Waals surface area contributed by atoms with Crippen LogP contribution in [-0.2, 0) is 39.9 Å². The van der Waals surface area contributed by atoms with Gasteiger partial charge in [0.25, 0.3) is 20.2 Å². The summed E-state index contributed by atoms with van der Waals surface area (Å²) in [6.07, 6.45) is 0. The quantitative estimate of drug-likeness (QED) is 0.123. The summed E-state index contributed by atoms with van der Waals surface area (Å²) in [7, 11) is -16.9. The lowest BCUT2D eigenvalue weighted by Gasteiger charge is -2.12. The van der Waals surface area contributed by atoms with Crippen LogP contribution in [0.15, 0.2) is 100 Å². The molecule has 0 unspecified atom stereocenters. The Morgan fingerprint density at radius 3 is 1.78 bits per heavy atom. The third-order valence-electron chi connectivity index (χ3n) is 5.88. The first-order chi connectivity index (χ1) is 20.7. The molecule has 3 aromatic carbocycles. The van der Waals surface area contributed by atoms with Gasteiger partial charge in [0.15, 0.2) is 19.7 Å². The highest BCUT2D eigenvalue weighted by molar-refractivity contribution is 7.94. The first-order valence-electron chi connectivity index (χ1n) is 11.8. The molecule has 0 bridgehead atoms. The summed E-state index contributed by atoms with van der Waals surface area (Å²) in [5.74, 6) is -0.0765. The van der Waals surface area contributed by atoms with E-state index in [-0.39, 0.29) is 21.9 Å². The Balaban J connectivity index is 2.25. The van der Waals surface area contributed by atoms with Crippen molar-refractivity contribution in [1.29, 1.82) is 0 Å². The molecule has 17 nitrogen and oxygen atoms in total. The van der Waals surface area contributed by atoms with E-state index >= 15 is 0 Å². The van der Waals surface area contributed by atoms with Crippen LogP contribution in [0.4, 0.5) is 34.1 Å². The number of nitrogens with zero attached hydrogens (tertiary/aromatic N) is 4. The number of aryl methyl sites for hydroxylation is 1. The van der Waals surface area contributed by atoms with Crippen LogP contribution in [0.2, 0.25) is 0 Å². The molecule has 0 aliphatic carbocycles. The molecule has 6 N–H and O–H groups in total. The number of benzene rings is 3. The highest BCUT2D eigenvalue weighted by Crippen LogP contribution is 2.44. The molecule has 0 aliphatic heterocycles. The van der Waals surface area contributed by atoms with E-state index in [1.54, 1.807) is 0 Å². The summed E-state index contributed by atoms with van der Waals surface area (Å²) < 4.78 is 122. The van der Waals surface area contributed by atoms with E-state index in [1.807, 2.05) is 0 Å². The van der Waals surface area contributed by atoms with Gasteiger partial charge in [-0.3, -0.25) is 9.11 Å². The van der Waals surface area contributed by atoms with Crippen molar-refractivity contribution in [2.24, 2.45) is 20.5 Å². The largest absolute Gasteiger partial charge is 0.494 e. The predicted molar refractivity (Wildman–Crippen MR) is 162 cm³/mol. The van der Waals surface area contributed by atoms with Crippen molar-refractivity contribution in [3.63, 3.8) is 0 Å². The van der Waals surface area contributed by atoms with Crippen molar-refractivity contribution in [3.05, 3.63) is 65.9 Å². The standard InChI is InChI=1S/C24H24N6O11S4/c1-5-42(31,32)14-7-8-15(20(10-14)44(35,36)37)27-29-17-11-21(45(38,39)40)23(26)24(22(17)25)30-28-16-9-13(3)19(12-18(16)41-4)43(33,34)6-2/h5-12H,1-2,25-26H2,3-4H3,(H,35,36,37)(H,38,39,40). The molecule has 3 rings (SSSR count). The van der Waals surface area contributed by atoms with Crippen LogP contribution in [0.25, 0.3) is 0 Å². The van der Waals surface area contributed by atoms with Gasteiger partial charge in [0, 0.05) is 16.9 Å². The minimum absolute atomic E-state index is 0.0513. The van der Waals surface area contributed by atoms with E-state index in [2.05, 4.69) is 33.6 Å². The van der Waals surface area contributed by atoms with Crippen molar-refractivity contribution in [1.82, 2.24) is 0 Å². The van der Waals surface area contributed by atoms with Crippen LogP contribution in [0, 0.1) is 6.92 Å². The molecule has 0 aliphatic rings. The van der Waals surface area contributed by atoms with Gasteiger partial charge in [-0.25, -0.2) is 16.8 Å². The van der Waals surface area contributed by atoms with Crippen molar-refractivity contribution in [2.75, 3.05) is 18.6 Å². The molecule has 0 amide bonds. The molecule has 21 heteroatoms. The SMILES string of the molecule is C=CS(=O)(=O)c1ccc(N=Nc2cc(S(=O)(=O)O)c(N)c(N=Nc3cc(C)c(S(=O)(=O)C=C)cc3OC)c2N)c(S(=O)(=O)O)c1. The van der Waals surface area contributed by atoms with Gasteiger partial charge < -0.3 is 16.2 Å². The average Bonchev–Trinajstić information content (AvgIpc) is 2.95. The summed E-state index contributed by atoms with van der Waals surface area (Å²) in [4.78, 5) is -2.61. The molecule has 0 heterocycles. The number of hydrogen-bond donors (Lipinski definition) is 4. The molecule has 0 radical (unpaired) electrons. The van der Waals surface area contributed by atoms with E-state index in [0.717, 1.165) is 23.6 Å². The fourth-order valence-electron chi connectivity index (χ4n) is 3.63. The maximum atomic E-state index is 12.3. The van der Waals surface area contributed by atoms with E-state index in [0.29, 0.717) is 17.5 Å². The summed E-state index contributed by atoms with van der Waals surface area (Å²) in [6.45, 7) is 7.86. The molecule has 0 saturated heterocycles. The zero-order valence-electron chi connectivity index (χ0n) is 23.2. The molecule has 45 heavy (non-hydrogen) atoms. The minimum atomic E-state index is -5.08. The van der Waals surface area contributed by atoms with Crippen molar-refractivity contribution < 1.29 is 47.5 Å². The van der Waals surface area contributed by atoms with Crippen LogP contribution >= 0.6 is 0 Å². The average molecular weight is 701 g/mol. The predicted octanol–water partition coefficient (Wildman–Crippen LogP) is 4.33. The second kappa shape index (κ2) is 12.5. The van der Waals surface area contributed by atoms with E-state index in [1.165, 1.54) is 20.1 Å². The molecule has 0 aromatic heterocycles. The van der Waals surface area contributed by atoms with Crippen molar-refractivity contribution in [2.45, 2.75) is 26.5 Å². The van der Waals surface area contributed by atoms with Gasteiger partial charge in [-0.15, -0.1) is 20.5 Å². The summed E-state index contributed by atoms with van der Waals surface area (Å²) >= 11 is 0. The van der Waals surface area contributed by atoms with Crippen molar-refractivity contribution in [3.8, 4) is 5.75 Å². The van der Waals surface area contributed by atoms with Gasteiger partial charge in [0.05, 0.1) is 28.3 Å². The number of nitrogen functional groups attached to an aromatic ring is 2. The van der Waals surface area contributed by atoms with Crippen LogP contribution in [0.1, 0.15) is 5.56 Å². The van der Waals surface area contributed by atoms with Gasteiger partial charge in [-0.05, 0) is 42.8 Å². The molecule has 0 saturated carbocycles. The summed E-state index contributed by atoms with van der Waals surface area (Å²) in [5.41, 5.74) is 9.34. The number of ether oxygens (including phenoxy) is 1. The maximum Gasteiger partial charge on any atom is 0.296 e. The Morgan fingerprint density at radius 2 is 1.24 bits per heavy atom. The van der Waals surface area contributed by atoms with Gasteiger partial charge in [-0.2, -0.15) is 16.8 Å². The van der Waals surface area contributed by atoms with Gasteiger partial charge in [0.1, 0.15) is 38.3 Å². The zero-order chi connectivity index (χ0) is 34.1. The minimum Gasteiger partial charge on any atom is -0.494 e. The van der Waals surface area contributed by atoms with Gasteiger partial charge >= 0.3 is 0 Å². The highest BCUT2D eigenvalue weighted by Gasteiger charge is 2.24. The number of methoxy groups -OCH3 is 1. The Kier molecular flexibility index (Phi) is 9.67. The van der Waals surface area contributed by atoms with Crippen LogP contribution < -0.4 is 16.2 Å². The van der Waals surface area contributed by atoms with Crippen LogP contribution in [0.3, 0.4) is 0 Å². The second-order valence-corrected chi connectivity index (χ2v) is 15.3. The third kappa shape index (κ3) is 7.41. The third-order valence-corrected chi connectivity index (χ3v) is 10.5. The Bertz CT molecular complexity index is 2250. The number of rotatable bonds is 11. The second-order valence-electron chi connectivity index (χ2n) is 8.76. The Labute approximate surface area is 258 Å². The Hall–Kier alpha value is -4.54. The number of azo groups is 2. The fraction of sp³-hybridized carbons (Fsp3) is 0.0833. The molecular weight excluding hydrogens is 677 g/mol. The topological polar surface area (TPSA) is 288 Å². The molecule has 0 atom stereocenters. The van der Waals surface area contributed by atoms with Gasteiger partial charge in [-0.1, -0.05) is 13.2 Å². The smallest absolute Gasteiger partial charge is 0.296 e. The summed E-state index contributed by atoms with van der Waals surface area (Å²) in [5, 5.41) is 16.5. The molecular formula is C24H24N6O11S4. The zero-order valence-corrected chi connectivity index (χ0v) is 26.4. The van der Waals surface area contributed by atoms with Crippen molar-refractivity contribution >= 4 is 74.0 Å². The first-order valence-corrected chi connectivity index (χ1v) is 17.7. The monoisotopic (exact) mass is 700 g/mol. The Morgan fingerprint density at radius 1 is 0.689 bits per heavy atom. The number of sulfone groups is 2. The van der Waals surface area contributed by atoms with Crippen LogP contribution in [-0.4, -0.2) is 49.9 Å². The lowest BCUT2D eigenvalue weighted by molar-refractivity contribution is 0.414. The lowest BCUT2D eigenvalue weighted by atomic mass is 10.2.